The van der Waals surface area contributed by atoms with E-state index in [-0.39, 0.29) is 24.8 Å². The van der Waals surface area contributed by atoms with Gasteiger partial charge in [0.2, 0.25) is 5.91 Å². The summed E-state index contributed by atoms with van der Waals surface area (Å²) in [5.74, 6) is -0.526. The fraction of sp³-hybridized carbons (Fsp3) is 0.857. The van der Waals surface area contributed by atoms with Crippen molar-refractivity contribution >= 4 is 11.9 Å². The number of esters is 1. The third-order valence-corrected chi connectivity index (χ3v) is 4.48. The van der Waals surface area contributed by atoms with E-state index >= 15 is 0 Å². The Balaban J connectivity index is 2.04. The number of amides is 1. The maximum absolute atomic E-state index is 12.5. The lowest BCUT2D eigenvalue weighted by Gasteiger charge is -2.31. The monoisotopic (exact) mass is 284 g/mol. The van der Waals surface area contributed by atoms with Crippen LogP contribution in [-0.4, -0.2) is 53.7 Å². The Bertz CT molecular complexity index is 368. The van der Waals surface area contributed by atoms with Gasteiger partial charge < -0.3 is 20.5 Å². The molecule has 0 bridgehead atoms. The maximum atomic E-state index is 12.5. The normalized spacial score (nSPS) is 29.2. The van der Waals surface area contributed by atoms with Gasteiger partial charge in [0.15, 0.2) is 0 Å². The van der Waals surface area contributed by atoms with E-state index in [4.69, 9.17) is 10.5 Å². The van der Waals surface area contributed by atoms with Gasteiger partial charge in [-0.05, 0) is 18.8 Å². The van der Waals surface area contributed by atoms with E-state index < -0.39 is 24.2 Å². The van der Waals surface area contributed by atoms with Crippen molar-refractivity contribution in [3.63, 3.8) is 0 Å². The van der Waals surface area contributed by atoms with Gasteiger partial charge >= 0.3 is 5.97 Å². The highest BCUT2D eigenvalue weighted by Crippen LogP contribution is 2.28. The van der Waals surface area contributed by atoms with E-state index in [0.717, 1.165) is 25.7 Å². The number of ether oxygens (including phenoxy) is 1. The molecule has 0 aromatic rings. The minimum Gasteiger partial charge on any atom is -0.467 e. The van der Waals surface area contributed by atoms with Crippen LogP contribution in [0.2, 0.25) is 0 Å². The summed E-state index contributed by atoms with van der Waals surface area (Å²) in [5.41, 5.74) is 6.10. The topological polar surface area (TPSA) is 92.9 Å². The average Bonchev–Trinajstić information content (AvgIpc) is 2.87. The summed E-state index contributed by atoms with van der Waals surface area (Å²) in [7, 11) is 1.29. The van der Waals surface area contributed by atoms with Gasteiger partial charge in [-0.15, -0.1) is 0 Å². The standard InChI is InChI=1S/C14H24N2O4/c1-20-14(19)11-7-10(17)8-16(11)13(18)12(15)9-5-3-2-4-6-9/h9-12,17H,2-8,15H2,1H3/t10-,11+,12?/m1/s1. The molecule has 0 radical (unpaired) electrons. The van der Waals surface area contributed by atoms with E-state index in [0.29, 0.717) is 0 Å². The molecule has 0 aromatic carbocycles. The van der Waals surface area contributed by atoms with Gasteiger partial charge in [0.05, 0.1) is 19.3 Å². The van der Waals surface area contributed by atoms with Crippen molar-refractivity contribution in [2.75, 3.05) is 13.7 Å². The third kappa shape index (κ3) is 3.12. The molecule has 1 unspecified atom stereocenters. The van der Waals surface area contributed by atoms with Gasteiger partial charge in [-0.1, -0.05) is 19.3 Å². The Kier molecular flexibility index (Phi) is 4.99. The SMILES string of the molecule is COC(=O)[C@@H]1C[C@@H](O)CN1C(=O)C(N)C1CCCCC1. The zero-order valence-corrected chi connectivity index (χ0v) is 12.0. The van der Waals surface area contributed by atoms with E-state index in [9.17, 15) is 14.7 Å². The van der Waals surface area contributed by atoms with Crippen molar-refractivity contribution in [3.05, 3.63) is 0 Å². The van der Waals surface area contributed by atoms with Gasteiger partial charge in [-0.25, -0.2) is 4.79 Å². The molecule has 20 heavy (non-hydrogen) atoms. The fourth-order valence-electron chi connectivity index (χ4n) is 3.30. The summed E-state index contributed by atoms with van der Waals surface area (Å²) in [6.07, 6.45) is 4.89. The van der Waals surface area contributed by atoms with Crippen molar-refractivity contribution in [2.24, 2.45) is 11.7 Å². The third-order valence-electron chi connectivity index (χ3n) is 4.48. The predicted octanol–water partition coefficient (Wildman–Crippen LogP) is 0.0288. The molecule has 2 rings (SSSR count). The molecule has 1 saturated carbocycles. The molecule has 1 amide bonds. The molecule has 1 saturated heterocycles. The first-order chi connectivity index (χ1) is 9.54. The van der Waals surface area contributed by atoms with Crippen molar-refractivity contribution in [3.8, 4) is 0 Å². The molecular weight excluding hydrogens is 260 g/mol. The summed E-state index contributed by atoms with van der Waals surface area (Å²) in [6, 6.07) is -1.27. The number of rotatable bonds is 3. The average molecular weight is 284 g/mol. The van der Waals surface area contributed by atoms with E-state index in [2.05, 4.69) is 0 Å². The summed E-state index contributed by atoms with van der Waals surface area (Å²) in [5, 5.41) is 9.71. The number of hydrogen-bond acceptors (Lipinski definition) is 5. The van der Waals surface area contributed by atoms with Crippen molar-refractivity contribution in [1.29, 1.82) is 0 Å². The van der Waals surface area contributed by atoms with Crippen LogP contribution in [0.15, 0.2) is 0 Å². The van der Waals surface area contributed by atoms with Crippen LogP contribution in [0.4, 0.5) is 0 Å². The van der Waals surface area contributed by atoms with Crippen molar-refractivity contribution in [2.45, 2.75) is 56.7 Å². The van der Waals surface area contributed by atoms with Gasteiger partial charge in [-0.3, -0.25) is 4.79 Å². The van der Waals surface area contributed by atoms with E-state index in [1.807, 2.05) is 0 Å². The number of likely N-dealkylation sites (tertiary alicyclic amines) is 1. The smallest absolute Gasteiger partial charge is 0.328 e. The second kappa shape index (κ2) is 6.54. The molecule has 114 valence electrons. The molecule has 0 aromatic heterocycles. The van der Waals surface area contributed by atoms with Gasteiger partial charge in [0, 0.05) is 13.0 Å². The molecule has 3 atom stereocenters. The zero-order chi connectivity index (χ0) is 14.7. The number of nitrogens with zero attached hydrogens (tertiary/aromatic N) is 1. The highest BCUT2D eigenvalue weighted by molar-refractivity contribution is 5.88. The number of aliphatic hydroxyl groups excluding tert-OH is 1. The Morgan fingerprint density at radius 1 is 1.30 bits per heavy atom. The Morgan fingerprint density at radius 3 is 2.55 bits per heavy atom. The molecule has 0 spiro atoms. The predicted molar refractivity (Wildman–Crippen MR) is 72.7 cm³/mol. The van der Waals surface area contributed by atoms with Crippen molar-refractivity contribution < 1.29 is 19.4 Å². The molecule has 6 nitrogen and oxygen atoms in total. The van der Waals surface area contributed by atoms with E-state index in [1.165, 1.54) is 18.4 Å². The highest BCUT2D eigenvalue weighted by Gasteiger charge is 2.42. The second-order valence-electron chi connectivity index (χ2n) is 5.84. The number of hydrogen-bond donors (Lipinski definition) is 2. The first-order valence-electron chi connectivity index (χ1n) is 7.36. The maximum Gasteiger partial charge on any atom is 0.328 e. The van der Waals surface area contributed by atoms with Gasteiger partial charge in [0.1, 0.15) is 6.04 Å². The minimum atomic E-state index is -0.697. The van der Waals surface area contributed by atoms with E-state index in [1.54, 1.807) is 0 Å². The van der Waals surface area contributed by atoms with Crippen LogP contribution in [0.3, 0.4) is 0 Å². The molecule has 6 heteroatoms. The Labute approximate surface area is 119 Å². The van der Waals surface area contributed by atoms with Crippen LogP contribution in [0.1, 0.15) is 38.5 Å². The molecule has 1 aliphatic heterocycles. The van der Waals surface area contributed by atoms with Crippen LogP contribution in [0.5, 0.6) is 0 Å². The quantitative estimate of drug-likeness (QED) is 0.713. The van der Waals surface area contributed by atoms with Gasteiger partial charge in [0.25, 0.3) is 0 Å². The molecular formula is C14H24N2O4. The largest absolute Gasteiger partial charge is 0.467 e. The van der Waals surface area contributed by atoms with Crippen LogP contribution in [0, 0.1) is 5.92 Å². The number of aliphatic hydroxyl groups is 1. The summed E-state index contributed by atoms with van der Waals surface area (Å²) in [4.78, 5) is 25.6. The van der Waals surface area contributed by atoms with Crippen LogP contribution < -0.4 is 5.73 Å². The lowest BCUT2D eigenvalue weighted by Crippen LogP contribution is -2.51. The van der Waals surface area contributed by atoms with Crippen molar-refractivity contribution in [1.82, 2.24) is 4.90 Å². The number of carbonyl (C=O) groups is 2. The zero-order valence-electron chi connectivity index (χ0n) is 12.0. The Morgan fingerprint density at radius 2 is 1.95 bits per heavy atom. The Hall–Kier alpha value is -1.14. The van der Waals surface area contributed by atoms with Crippen LogP contribution >= 0.6 is 0 Å². The molecule has 2 fully saturated rings. The number of nitrogens with two attached hydrogens (primary N) is 1. The summed E-state index contributed by atoms with van der Waals surface area (Å²) >= 11 is 0. The molecule has 1 aliphatic carbocycles. The number of carbonyl (C=O) groups excluding carboxylic acids is 2. The number of methoxy groups -OCH3 is 1. The summed E-state index contributed by atoms with van der Waals surface area (Å²) in [6.45, 7) is 0.166. The molecule has 3 N–H and O–H groups in total. The highest BCUT2D eigenvalue weighted by atomic mass is 16.5. The first-order valence-corrected chi connectivity index (χ1v) is 7.36. The van der Waals surface area contributed by atoms with Gasteiger partial charge in [-0.2, -0.15) is 0 Å². The molecule has 2 aliphatic rings. The van der Waals surface area contributed by atoms with Crippen LogP contribution in [-0.2, 0) is 14.3 Å². The first kappa shape index (κ1) is 15.3. The molecule has 1 heterocycles. The lowest BCUT2D eigenvalue weighted by molar-refractivity contribution is -0.151. The summed E-state index contributed by atoms with van der Waals surface area (Å²) < 4.78 is 4.70. The van der Waals surface area contributed by atoms with Crippen LogP contribution in [0.25, 0.3) is 0 Å². The lowest BCUT2D eigenvalue weighted by atomic mass is 9.83. The number of β-amino-alcohol motifs (C(OH)–C–C–N with tert-alkyl or cyclic N) is 1. The fourth-order valence-corrected chi connectivity index (χ4v) is 3.30. The minimum absolute atomic E-state index is 0.166. The second-order valence-corrected chi connectivity index (χ2v) is 5.84.